The number of carbonyl (C=O) groups is 3. The molecule has 12 heteroatoms. The van der Waals surface area contributed by atoms with Crippen molar-refractivity contribution in [2.45, 2.75) is 72.4 Å². The molecule has 0 aliphatic carbocycles. The van der Waals surface area contributed by atoms with Gasteiger partial charge in [0.1, 0.15) is 6.04 Å². The number of rotatable bonds is 11. The number of nitrogens with zero attached hydrogens (tertiary/aromatic N) is 2. The fourth-order valence-electron chi connectivity index (χ4n) is 4.71. The molecule has 2 bridgehead atoms. The van der Waals surface area contributed by atoms with Crippen molar-refractivity contribution in [3.05, 3.63) is 0 Å². The van der Waals surface area contributed by atoms with Gasteiger partial charge in [0, 0.05) is 6.54 Å². The van der Waals surface area contributed by atoms with E-state index in [2.05, 4.69) is 0 Å². The molecular formula is C19H33N3O8S. The zero-order valence-electron chi connectivity index (χ0n) is 18.7. The van der Waals surface area contributed by atoms with Gasteiger partial charge in [-0.15, -0.1) is 4.28 Å². The number of amides is 3. The van der Waals surface area contributed by atoms with Crippen LogP contribution in [0.5, 0.6) is 0 Å². The zero-order chi connectivity index (χ0) is 23.8. The molecule has 11 nitrogen and oxygen atoms in total. The molecule has 31 heavy (non-hydrogen) atoms. The summed E-state index contributed by atoms with van der Waals surface area (Å²) in [4.78, 5) is 36.3. The maximum atomic E-state index is 12.5. The molecule has 0 radical (unpaired) electrons. The number of carbonyl (C=O) groups excluding carboxylic acids is 2. The average molecular weight is 464 g/mol. The standard InChI is InChI=1S/C19H33N3O8S/c1-12(16(24)25)8-18(2,3)10-19(4,5)11-29-31(27,28)30-22-13-6-7-14(15(20)23)21(9-13)17(22)26/h12-14H,6-11H2,1-5H3,(H2,20,23)(H,24,25)/t12?,13-,14+/m1/s1. The summed E-state index contributed by atoms with van der Waals surface area (Å²) in [5.74, 6) is -2.05. The minimum absolute atomic E-state index is 0.156. The van der Waals surface area contributed by atoms with Crippen LogP contribution in [0.1, 0.15) is 60.3 Å². The third-order valence-electron chi connectivity index (χ3n) is 5.65. The predicted molar refractivity (Wildman–Crippen MR) is 109 cm³/mol. The van der Waals surface area contributed by atoms with E-state index in [0.29, 0.717) is 25.7 Å². The fourth-order valence-corrected chi connectivity index (χ4v) is 5.60. The lowest BCUT2D eigenvalue weighted by Gasteiger charge is -2.35. The first-order chi connectivity index (χ1) is 14.0. The highest BCUT2D eigenvalue weighted by atomic mass is 32.3. The molecule has 0 aromatic heterocycles. The highest BCUT2D eigenvalue weighted by Crippen LogP contribution is 2.39. The number of carboxylic acids is 1. The number of piperidine rings is 1. The van der Waals surface area contributed by atoms with Crippen LogP contribution >= 0.6 is 0 Å². The van der Waals surface area contributed by atoms with Crippen LogP contribution in [0.15, 0.2) is 0 Å². The normalized spacial score (nSPS) is 23.2. The molecule has 3 N–H and O–H groups in total. The summed E-state index contributed by atoms with van der Waals surface area (Å²) in [5.41, 5.74) is 4.34. The Balaban J connectivity index is 1.96. The first-order valence-electron chi connectivity index (χ1n) is 10.2. The molecule has 0 saturated carbocycles. The minimum Gasteiger partial charge on any atom is -0.481 e. The van der Waals surface area contributed by atoms with Crippen molar-refractivity contribution in [2.24, 2.45) is 22.5 Å². The van der Waals surface area contributed by atoms with Crippen molar-refractivity contribution >= 4 is 28.3 Å². The lowest BCUT2D eigenvalue weighted by Crippen LogP contribution is -2.47. The van der Waals surface area contributed by atoms with Crippen LogP contribution in [0.25, 0.3) is 0 Å². The molecule has 0 spiro atoms. The Kier molecular flexibility index (Phi) is 7.28. The molecule has 0 aromatic rings. The third-order valence-corrected chi connectivity index (χ3v) is 6.40. The molecule has 2 heterocycles. The fraction of sp³-hybridized carbons (Fsp3) is 0.842. The molecular weight excluding hydrogens is 430 g/mol. The van der Waals surface area contributed by atoms with Gasteiger partial charge in [-0.05, 0) is 36.5 Å². The summed E-state index contributed by atoms with van der Waals surface area (Å²) in [5, 5.41) is 9.88. The van der Waals surface area contributed by atoms with E-state index in [0.717, 1.165) is 5.06 Å². The topological polar surface area (TPSA) is 157 Å². The number of hydrogen-bond donors (Lipinski definition) is 2. The van der Waals surface area contributed by atoms with Crippen molar-refractivity contribution in [3.63, 3.8) is 0 Å². The van der Waals surface area contributed by atoms with E-state index in [1.54, 1.807) is 6.92 Å². The Morgan fingerprint density at radius 3 is 2.39 bits per heavy atom. The summed E-state index contributed by atoms with van der Waals surface area (Å²) in [7, 11) is -4.53. The van der Waals surface area contributed by atoms with E-state index in [9.17, 15) is 22.8 Å². The summed E-state index contributed by atoms with van der Waals surface area (Å²) in [6.45, 7) is 9.05. The summed E-state index contributed by atoms with van der Waals surface area (Å²) in [6, 6.07) is -2.03. The molecule has 2 aliphatic heterocycles. The van der Waals surface area contributed by atoms with Crippen LogP contribution < -0.4 is 5.73 Å². The number of hydrogen-bond acceptors (Lipinski definition) is 7. The summed E-state index contributed by atoms with van der Waals surface area (Å²) in [6.07, 6.45) is 1.65. The number of fused-ring (bicyclic) bond motifs is 2. The van der Waals surface area contributed by atoms with Crippen LogP contribution in [0.3, 0.4) is 0 Å². The Morgan fingerprint density at radius 1 is 1.23 bits per heavy atom. The maximum absolute atomic E-state index is 12.5. The van der Waals surface area contributed by atoms with Gasteiger partial charge in [0.2, 0.25) is 5.91 Å². The lowest BCUT2D eigenvalue weighted by molar-refractivity contribution is -0.142. The van der Waals surface area contributed by atoms with Gasteiger partial charge in [-0.25, -0.2) is 8.98 Å². The van der Waals surface area contributed by atoms with E-state index in [4.69, 9.17) is 19.3 Å². The SMILES string of the molecule is CC(CC(C)(C)CC(C)(C)COS(=O)(=O)ON1C(=O)N2C[C@H]1CC[C@H]2C(N)=O)C(=O)O. The van der Waals surface area contributed by atoms with E-state index < -0.39 is 51.7 Å². The minimum atomic E-state index is -4.53. The smallest absolute Gasteiger partial charge is 0.421 e. The van der Waals surface area contributed by atoms with E-state index in [1.807, 2.05) is 27.7 Å². The molecule has 1 unspecified atom stereocenters. The van der Waals surface area contributed by atoms with Crippen molar-refractivity contribution < 1.29 is 36.4 Å². The second-order valence-electron chi connectivity index (χ2n) is 10.1. The molecule has 2 fully saturated rings. The number of carboxylic acid groups (broad SMARTS) is 1. The number of nitrogens with two attached hydrogens (primary N) is 1. The predicted octanol–water partition coefficient (Wildman–Crippen LogP) is 1.49. The Morgan fingerprint density at radius 2 is 1.84 bits per heavy atom. The number of hydroxylamine groups is 2. The largest absolute Gasteiger partial charge is 0.481 e. The van der Waals surface area contributed by atoms with E-state index in [-0.39, 0.29) is 18.6 Å². The van der Waals surface area contributed by atoms with Crippen LogP contribution in [0.2, 0.25) is 0 Å². The number of primary amides is 1. The second kappa shape index (κ2) is 8.91. The lowest BCUT2D eigenvalue weighted by atomic mass is 9.71. The van der Waals surface area contributed by atoms with Gasteiger partial charge < -0.3 is 15.7 Å². The van der Waals surface area contributed by atoms with Crippen LogP contribution in [0.4, 0.5) is 4.79 Å². The molecule has 0 aromatic carbocycles. The van der Waals surface area contributed by atoms with E-state index in [1.165, 1.54) is 4.90 Å². The van der Waals surface area contributed by atoms with Gasteiger partial charge in [0.05, 0.1) is 18.6 Å². The van der Waals surface area contributed by atoms with Gasteiger partial charge in [0.15, 0.2) is 0 Å². The first-order valence-corrected chi connectivity index (χ1v) is 11.6. The zero-order valence-corrected chi connectivity index (χ0v) is 19.5. The molecule has 2 rings (SSSR count). The van der Waals surface area contributed by atoms with Crippen molar-refractivity contribution in [2.75, 3.05) is 13.2 Å². The van der Waals surface area contributed by atoms with E-state index >= 15 is 0 Å². The second-order valence-corrected chi connectivity index (χ2v) is 11.3. The highest BCUT2D eigenvalue weighted by molar-refractivity contribution is 7.81. The average Bonchev–Trinajstić information content (AvgIpc) is 2.83. The quantitative estimate of drug-likeness (QED) is 0.466. The third kappa shape index (κ3) is 6.53. The highest BCUT2D eigenvalue weighted by Gasteiger charge is 2.49. The molecule has 178 valence electrons. The Hall–Kier alpha value is -1.92. The maximum Gasteiger partial charge on any atom is 0.421 e. The Labute approximate surface area is 183 Å². The molecule has 2 saturated heterocycles. The van der Waals surface area contributed by atoms with Crippen molar-refractivity contribution in [1.29, 1.82) is 0 Å². The summed E-state index contributed by atoms with van der Waals surface area (Å²) < 4.78 is 34.8. The van der Waals surface area contributed by atoms with Gasteiger partial charge in [-0.1, -0.05) is 34.6 Å². The van der Waals surface area contributed by atoms with Crippen LogP contribution in [-0.4, -0.2) is 66.6 Å². The van der Waals surface area contributed by atoms with Crippen LogP contribution in [0, 0.1) is 16.7 Å². The number of aliphatic carboxylic acids is 1. The van der Waals surface area contributed by atoms with Gasteiger partial charge >= 0.3 is 22.4 Å². The number of urea groups is 1. The van der Waals surface area contributed by atoms with Gasteiger partial charge in [-0.3, -0.25) is 9.59 Å². The molecule has 2 aliphatic rings. The van der Waals surface area contributed by atoms with Crippen LogP contribution in [-0.2, 0) is 28.5 Å². The van der Waals surface area contributed by atoms with Gasteiger partial charge in [-0.2, -0.15) is 13.5 Å². The summed E-state index contributed by atoms with van der Waals surface area (Å²) >= 11 is 0. The first kappa shape index (κ1) is 25.3. The van der Waals surface area contributed by atoms with Crippen molar-refractivity contribution in [1.82, 2.24) is 9.96 Å². The van der Waals surface area contributed by atoms with Crippen molar-refractivity contribution in [3.8, 4) is 0 Å². The molecule has 3 atom stereocenters. The Bertz CT molecular complexity index is 826. The molecule has 3 amide bonds. The van der Waals surface area contributed by atoms with Gasteiger partial charge in [0.25, 0.3) is 0 Å². The monoisotopic (exact) mass is 463 g/mol.